The van der Waals surface area contributed by atoms with Crippen molar-refractivity contribution in [3.63, 3.8) is 0 Å². The monoisotopic (exact) mass is 306 g/mol. The molecule has 0 radical (unpaired) electrons. The molecule has 5 heteroatoms. The number of benzene rings is 1. The van der Waals surface area contributed by atoms with Crippen molar-refractivity contribution in [2.24, 2.45) is 0 Å². The molecule has 0 saturated carbocycles. The zero-order valence-electron chi connectivity index (χ0n) is 12.5. The first-order valence-corrected chi connectivity index (χ1v) is 7.41. The number of esters is 1. The van der Waals surface area contributed by atoms with E-state index in [1.54, 1.807) is 19.2 Å². The predicted molar refractivity (Wildman–Crippen MR) is 85.6 cm³/mol. The molecule has 0 saturated heterocycles. The minimum absolute atomic E-state index is 0.134. The number of H-pyrrole nitrogens is 1. The molecule has 0 amide bonds. The summed E-state index contributed by atoms with van der Waals surface area (Å²) < 4.78 is 5.28. The van der Waals surface area contributed by atoms with Gasteiger partial charge in [0.1, 0.15) is 5.75 Å². The molecule has 0 aliphatic carbocycles. The van der Waals surface area contributed by atoms with E-state index in [9.17, 15) is 9.59 Å². The third-order valence-corrected chi connectivity index (χ3v) is 4.15. The van der Waals surface area contributed by atoms with E-state index < -0.39 is 0 Å². The molecule has 0 spiro atoms. The topological polar surface area (TPSA) is 72.0 Å². The Labute approximate surface area is 131 Å². The molecule has 1 N–H and O–H groups in total. The summed E-state index contributed by atoms with van der Waals surface area (Å²) in [6, 6.07) is 11.3. The predicted octanol–water partition coefficient (Wildman–Crippen LogP) is 2.67. The van der Waals surface area contributed by atoms with Gasteiger partial charge in [-0.15, -0.1) is 0 Å². The van der Waals surface area contributed by atoms with E-state index in [1.807, 2.05) is 30.3 Å². The number of ether oxygens (including phenoxy) is 1. The standard InChI is InChI=1S/C18H14N2O3/c1-10-8-14-16(18(22)20-10)13(9-15(21)23-14)12-6-2-4-11-5-3-7-19-17(11)12/h2-8,13H,9H2,1H3,(H,20,22)/t13-/m0/s1. The summed E-state index contributed by atoms with van der Waals surface area (Å²) in [5, 5.41) is 0.981. The lowest BCUT2D eigenvalue weighted by molar-refractivity contribution is -0.135. The number of carbonyl (C=O) groups excluding carboxylic acids is 1. The second-order valence-electron chi connectivity index (χ2n) is 5.71. The highest BCUT2D eigenvalue weighted by molar-refractivity contribution is 5.85. The van der Waals surface area contributed by atoms with E-state index in [0.717, 1.165) is 16.5 Å². The van der Waals surface area contributed by atoms with Crippen LogP contribution in [-0.4, -0.2) is 15.9 Å². The maximum atomic E-state index is 12.4. The summed E-state index contributed by atoms with van der Waals surface area (Å²) >= 11 is 0. The number of hydrogen-bond acceptors (Lipinski definition) is 4. The molecular weight excluding hydrogens is 292 g/mol. The maximum absolute atomic E-state index is 12.4. The van der Waals surface area contributed by atoms with Gasteiger partial charge in [-0.2, -0.15) is 0 Å². The van der Waals surface area contributed by atoms with Crippen LogP contribution in [0.3, 0.4) is 0 Å². The van der Waals surface area contributed by atoms with Crippen LogP contribution in [0.4, 0.5) is 0 Å². The van der Waals surface area contributed by atoms with Gasteiger partial charge in [0.05, 0.1) is 17.5 Å². The lowest BCUT2D eigenvalue weighted by Gasteiger charge is -2.24. The molecule has 1 atom stereocenters. The van der Waals surface area contributed by atoms with Gasteiger partial charge >= 0.3 is 5.97 Å². The van der Waals surface area contributed by atoms with Crippen LogP contribution in [0.2, 0.25) is 0 Å². The minimum Gasteiger partial charge on any atom is -0.426 e. The molecule has 1 aliphatic heterocycles. The molecule has 0 fully saturated rings. The summed E-state index contributed by atoms with van der Waals surface area (Å²) in [6.45, 7) is 1.76. The van der Waals surface area contributed by atoms with Crippen LogP contribution in [0.5, 0.6) is 5.75 Å². The van der Waals surface area contributed by atoms with E-state index in [1.165, 1.54) is 0 Å². The summed E-state index contributed by atoms with van der Waals surface area (Å²) in [5.41, 5.74) is 2.62. The highest BCUT2D eigenvalue weighted by atomic mass is 16.5. The highest BCUT2D eigenvalue weighted by Gasteiger charge is 2.32. The number of para-hydroxylation sites is 1. The van der Waals surface area contributed by atoms with E-state index >= 15 is 0 Å². The van der Waals surface area contributed by atoms with Gasteiger partial charge in [-0.1, -0.05) is 24.3 Å². The average Bonchev–Trinajstić information content (AvgIpc) is 2.52. The van der Waals surface area contributed by atoms with Gasteiger partial charge in [0.25, 0.3) is 5.56 Å². The van der Waals surface area contributed by atoms with E-state index in [0.29, 0.717) is 17.0 Å². The Morgan fingerprint density at radius 3 is 2.91 bits per heavy atom. The molecule has 0 unspecified atom stereocenters. The van der Waals surface area contributed by atoms with E-state index in [4.69, 9.17) is 4.74 Å². The first kappa shape index (κ1) is 13.7. The molecule has 1 aromatic carbocycles. The van der Waals surface area contributed by atoms with Crippen LogP contribution in [-0.2, 0) is 4.79 Å². The Kier molecular flexibility index (Phi) is 3.01. The van der Waals surface area contributed by atoms with Crippen molar-refractivity contribution in [1.82, 2.24) is 9.97 Å². The molecule has 4 rings (SSSR count). The molecule has 3 heterocycles. The fourth-order valence-corrected chi connectivity index (χ4v) is 3.19. The van der Waals surface area contributed by atoms with Crippen molar-refractivity contribution in [1.29, 1.82) is 0 Å². The van der Waals surface area contributed by atoms with Gasteiger partial charge in [-0.3, -0.25) is 14.6 Å². The number of hydrogen-bond donors (Lipinski definition) is 1. The van der Waals surface area contributed by atoms with Crippen molar-refractivity contribution in [3.8, 4) is 5.75 Å². The highest BCUT2D eigenvalue weighted by Crippen LogP contribution is 2.38. The summed E-state index contributed by atoms with van der Waals surface area (Å²) in [6.07, 6.45) is 1.85. The third kappa shape index (κ3) is 2.21. The normalized spacial score (nSPS) is 16.9. The molecule has 3 aromatic rings. The number of rotatable bonds is 1. The molecule has 2 aromatic heterocycles. The van der Waals surface area contributed by atoms with E-state index in [2.05, 4.69) is 9.97 Å². The molecule has 1 aliphatic rings. The van der Waals surface area contributed by atoms with Crippen LogP contribution in [0, 0.1) is 6.92 Å². The molecule has 5 nitrogen and oxygen atoms in total. The molecule has 23 heavy (non-hydrogen) atoms. The summed E-state index contributed by atoms with van der Waals surface area (Å²) in [7, 11) is 0. The van der Waals surface area contributed by atoms with Crippen molar-refractivity contribution in [2.75, 3.05) is 0 Å². The second-order valence-corrected chi connectivity index (χ2v) is 5.71. The number of aryl methyl sites for hydroxylation is 1. The Hall–Kier alpha value is -2.95. The summed E-state index contributed by atoms with van der Waals surface area (Å²) in [4.78, 5) is 31.7. The second kappa shape index (κ2) is 5.05. The van der Waals surface area contributed by atoms with E-state index in [-0.39, 0.29) is 23.9 Å². The van der Waals surface area contributed by atoms with Crippen LogP contribution >= 0.6 is 0 Å². The Balaban J connectivity index is 2.00. The number of nitrogens with one attached hydrogen (secondary N) is 1. The van der Waals surface area contributed by atoms with Crippen molar-refractivity contribution in [3.05, 3.63) is 69.8 Å². The number of aromatic amines is 1. The Morgan fingerprint density at radius 1 is 1.22 bits per heavy atom. The molecule has 114 valence electrons. The van der Waals surface area contributed by atoms with Crippen LogP contribution in [0.1, 0.15) is 29.2 Å². The van der Waals surface area contributed by atoms with Gasteiger partial charge < -0.3 is 9.72 Å². The zero-order chi connectivity index (χ0) is 16.0. The maximum Gasteiger partial charge on any atom is 0.312 e. The van der Waals surface area contributed by atoms with Gasteiger partial charge in [0.15, 0.2) is 0 Å². The molecular formula is C18H14N2O3. The SMILES string of the molecule is Cc1cc2c(c(=O)[nH]1)[C@H](c1cccc3cccnc13)CC(=O)O2. The van der Waals surface area contributed by atoms with Gasteiger partial charge in [-0.05, 0) is 18.6 Å². The van der Waals surface area contributed by atoms with Gasteiger partial charge in [-0.25, -0.2) is 0 Å². The average molecular weight is 306 g/mol. The number of fused-ring (bicyclic) bond motifs is 2. The van der Waals surface area contributed by atoms with Crippen molar-refractivity contribution < 1.29 is 9.53 Å². The lowest BCUT2D eigenvalue weighted by Crippen LogP contribution is -2.28. The number of aromatic nitrogens is 2. The quantitative estimate of drug-likeness (QED) is 0.702. The Morgan fingerprint density at radius 2 is 2.04 bits per heavy atom. The Bertz CT molecular complexity index is 986. The fraction of sp³-hybridized carbons (Fsp3) is 0.167. The minimum atomic E-state index is -0.353. The number of pyridine rings is 2. The van der Waals surface area contributed by atoms with Gasteiger partial charge in [0.2, 0.25) is 0 Å². The van der Waals surface area contributed by atoms with Gasteiger partial charge in [0, 0.05) is 29.3 Å². The van der Waals surface area contributed by atoms with Crippen molar-refractivity contribution >= 4 is 16.9 Å². The number of carbonyl (C=O) groups is 1. The van der Waals surface area contributed by atoms with Crippen LogP contribution in [0.25, 0.3) is 10.9 Å². The largest absolute Gasteiger partial charge is 0.426 e. The first-order chi connectivity index (χ1) is 11.1. The van der Waals surface area contributed by atoms with Crippen LogP contribution < -0.4 is 10.3 Å². The number of nitrogens with zero attached hydrogens (tertiary/aromatic N) is 1. The zero-order valence-corrected chi connectivity index (χ0v) is 12.5. The van der Waals surface area contributed by atoms with Crippen LogP contribution in [0.15, 0.2) is 47.4 Å². The first-order valence-electron chi connectivity index (χ1n) is 7.41. The lowest BCUT2D eigenvalue weighted by atomic mass is 9.86. The third-order valence-electron chi connectivity index (χ3n) is 4.15. The fourth-order valence-electron chi connectivity index (χ4n) is 3.19. The van der Waals surface area contributed by atoms with Crippen molar-refractivity contribution in [2.45, 2.75) is 19.3 Å². The summed E-state index contributed by atoms with van der Waals surface area (Å²) in [5.74, 6) is -0.338. The smallest absolute Gasteiger partial charge is 0.312 e. The molecule has 0 bridgehead atoms.